The highest BCUT2D eigenvalue weighted by molar-refractivity contribution is 6.62. The van der Waals surface area contributed by atoms with Crippen LogP contribution in [-0.2, 0) is 0 Å². The lowest BCUT2D eigenvalue weighted by molar-refractivity contribution is 0.742. The van der Waals surface area contributed by atoms with E-state index in [1.165, 1.54) is 0 Å². The minimum absolute atomic E-state index is 0.0475. The van der Waals surface area contributed by atoms with Crippen molar-refractivity contribution in [2.45, 2.75) is 24.8 Å². The Balaban J connectivity index is 2.31. The molecule has 3 aliphatic rings. The molecule has 0 amide bonds. The van der Waals surface area contributed by atoms with E-state index < -0.39 is 24.8 Å². The van der Waals surface area contributed by atoms with Crippen molar-refractivity contribution in [3.8, 4) is 0 Å². The van der Waals surface area contributed by atoms with Crippen molar-refractivity contribution in [3.05, 3.63) is 67.7 Å². The highest BCUT2D eigenvalue weighted by Crippen LogP contribution is 2.62. The van der Waals surface area contributed by atoms with Gasteiger partial charge >= 0.3 is 0 Å². The predicted molar refractivity (Wildman–Crippen MR) is 123 cm³/mol. The average molecular weight is 567 g/mol. The maximum absolute atomic E-state index is 6.90. The van der Waals surface area contributed by atoms with Gasteiger partial charge in [-0.15, -0.1) is 46.4 Å². The van der Waals surface area contributed by atoms with Gasteiger partial charge in [0, 0.05) is 21.2 Å². The Morgan fingerprint density at radius 1 is 0.704 bits per heavy atom. The van der Waals surface area contributed by atoms with Gasteiger partial charge in [-0.1, -0.05) is 81.8 Å². The smallest absolute Gasteiger partial charge is 0.116 e. The summed E-state index contributed by atoms with van der Waals surface area (Å²) in [5.41, 5.74) is 0.484. The zero-order valence-electron chi connectivity index (χ0n) is 12.9. The molecule has 0 spiro atoms. The summed E-state index contributed by atoms with van der Waals surface area (Å²) in [6.07, 6.45) is 9.44. The van der Waals surface area contributed by atoms with Gasteiger partial charge < -0.3 is 0 Å². The van der Waals surface area contributed by atoms with Crippen molar-refractivity contribution >= 4 is 116 Å². The van der Waals surface area contributed by atoms with Crippen LogP contribution < -0.4 is 0 Å². The second-order valence-corrected chi connectivity index (χ2v) is 11.2. The minimum atomic E-state index is -1.78. The van der Waals surface area contributed by atoms with Crippen molar-refractivity contribution < 1.29 is 0 Å². The summed E-state index contributed by atoms with van der Waals surface area (Å²) in [4.78, 5) is -2.78. The zero-order chi connectivity index (χ0) is 20.4. The van der Waals surface area contributed by atoms with Crippen LogP contribution in [0.5, 0.6) is 0 Å². The molecule has 0 aromatic carbocycles. The lowest BCUT2D eigenvalue weighted by Crippen LogP contribution is -2.43. The first-order chi connectivity index (χ1) is 12.4. The summed E-state index contributed by atoms with van der Waals surface area (Å²) < 4.78 is -1.78. The Bertz CT molecular complexity index is 874. The molecule has 3 rings (SSSR count). The van der Waals surface area contributed by atoms with Crippen molar-refractivity contribution in [1.29, 1.82) is 0 Å². The van der Waals surface area contributed by atoms with E-state index >= 15 is 0 Å². The van der Waals surface area contributed by atoms with Gasteiger partial charge in [0.1, 0.15) is 9.75 Å². The van der Waals surface area contributed by atoms with Gasteiger partial charge in [0.25, 0.3) is 0 Å². The molecule has 27 heavy (non-hydrogen) atoms. The third-order valence-corrected chi connectivity index (χ3v) is 9.07. The van der Waals surface area contributed by atoms with E-state index in [-0.39, 0.29) is 21.2 Å². The number of alkyl halides is 6. The molecule has 0 nitrogen and oxygen atoms in total. The third kappa shape index (κ3) is 3.65. The van der Waals surface area contributed by atoms with Gasteiger partial charge in [-0.2, -0.15) is 0 Å². The Kier molecular flexibility index (Phi) is 6.64. The van der Waals surface area contributed by atoms with E-state index in [9.17, 15) is 0 Å². The van der Waals surface area contributed by atoms with E-state index in [1.54, 1.807) is 36.5 Å². The lowest BCUT2D eigenvalue weighted by atomic mass is 9.81. The average Bonchev–Trinajstić information content (AvgIpc) is 2.76. The fourth-order valence-corrected chi connectivity index (χ4v) is 6.41. The van der Waals surface area contributed by atoms with E-state index in [2.05, 4.69) is 0 Å². The van der Waals surface area contributed by atoms with Gasteiger partial charge in [0.05, 0.1) is 20.8 Å². The molecule has 4 atom stereocenters. The first-order valence-corrected chi connectivity index (χ1v) is 11.2. The van der Waals surface area contributed by atoms with Crippen LogP contribution in [-0.4, -0.2) is 24.8 Å². The lowest BCUT2D eigenvalue weighted by Gasteiger charge is -2.40. The minimum Gasteiger partial charge on any atom is -0.116 e. The standard InChI is InChI=1S/C17H8Cl10/c18-7-1-3-15(24,9(20)5-7)11-12(22)14(23)17(26,27)13(11)16(25)4-2-8(19)6-10(16)21/h1-6,9-10H. The van der Waals surface area contributed by atoms with Crippen LogP contribution >= 0.6 is 116 Å². The quantitative estimate of drug-likeness (QED) is 0.293. The molecule has 0 aromatic rings. The van der Waals surface area contributed by atoms with Gasteiger partial charge in [0.2, 0.25) is 0 Å². The fourth-order valence-electron chi connectivity index (χ4n) is 3.08. The van der Waals surface area contributed by atoms with E-state index in [4.69, 9.17) is 116 Å². The predicted octanol–water partition coefficient (Wildman–Crippen LogP) is 8.71. The fraction of sp³-hybridized carbons (Fsp3) is 0.294. The summed E-state index contributed by atoms with van der Waals surface area (Å²) in [6, 6.07) is 0. The van der Waals surface area contributed by atoms with Gasteiger partial charge in [-0.25, -0.2) is 0 Å². The molecule has 0 aliphatic heterocycles. The van der Waals surface area contributed by atoms with Crippen molar-refractivity contribution in [1.82, 2.24) is 0 Å². The molecule has 0 heterocycles. The Morgan fingerprint density at radius 3 is 1.59 bits per heavy atom. The number of halogens is 10. The van der Waals surface area contributed by atoms with Crippen molar-refractivity contribution in [2.75, 3.05) is 0 Å². The molecule has 10 heteroatoms. The topological polar surface area (TPSA) is 0 Å². The summed E-state index contributed by atoms with van der Waals surface area (Å²) in [7, 11) is 0. The van der Waals surface area contributed by atoms with Crippen molar-refractivity contribution in [3.63, 3.8) is 0 Å². The van der Waals surface area contributed by atoms with Crippen LogP contribution in [0, 0.1) is 0 Å². The monoisotopic (exact) mass is 562 g/mol. The number of rotatable bonds is 2. The number of hydrogen-bond donors (Lipinski definition) is 0. The summed E-state index contributed by atoms with van der Waals surface area (Å²) in [5.74, 6) is 0. The van der Waals surface area contributed by atoms with E-state index in [1.807, 2.05) is 0 Å². The Hall–Kier alpha value is 1.34. The zero-order valence-corrected chi connectivity index (χ0v) is 20.5. The van der Waals surface area contributed by atoms with Crippen LogP contribution in [0.1, 0.15) is 0 Å². The largest absolute Gasteiger partial charge is 0.178 e. The third-order valence-electron chi connectivity index (χ3n) is 4.40. The molecule has 0 bridgehead atoms. The molecular weight excluding hydrogens is 559 g/mol. The maximum atomic E-state index is 6.90. The summed E-state index contributed by atoms with van der Waals surface area (Å²) >= 11 is 64.9. The second kappa shape index (κ2) is 7.79. The molecule has 0 fully saturated rings. The molecule has 0 aromatic heterocycles. The van der Waals surface area contributed by atoms with E-state index in [0.29, 0.717) is 10.1 Å². The molecule has 0 radical (unpaired) electrons. The Labute approximate surface area is 206 Å². The molecule has 146 valence electrons. The number of hydrogen-bond acceptors (Lipinski definition) is 0. The van der Waals surface area contributed by atoms with Crippen LogP contribution in [0.25, 0.3) is 0 Å². The summed E-state index contributed by atoms with van der Waals surface area (Å²) in [5, 5.41) is -0.771. The second-order valence-electron chi connectivity index (χ2n) is 6.06. The molecular formula is C17H8Cl10. The first kappa shape index (κ1) is 23.0. The van der Waals surface area contributed by atoms with Crippen LogP contribution in [0.4, 0.5) is 0 Å². The van der Waals surface area contributed by atoms with Crippen molar-refractivity contribution in [2.24, 2.45) is 0 Å². The maximum Gasteiger partial charge on any atom is 0.178 e. The first-order valence-electron chi connectivity index (χ1n) is 7.34. The molecule has 4 unspecified atom stereocenters. The normalized spacial score (nSPS) is 38.4. The Morgan fingerprint density at radius 2 is 1.15 bits per heavy atom. The van der Waals surface area contributed by atoms with E-state index in [0.717, 1.165) is 0 Å². The van der Waals surface area contributed by atoms with Gasteiger partial charge in [-0.3, -0.25) is 0 Å². The summed E-state index contributed by atoms with van der Waals surface area (Å²) in [6.45, 7) is 0. The van der Waals surface area contributed by atoms with Gasteiger partial charge in [0.15, 0.2) is 4.33 Å². The van der Waals surface area contributed by atoms with Crippen LogP contribution in [0.2, 0.25) is 0 Å². The highest BCUT2D eigenvalue weighted by atomic mass is 35.5. The highest BCUT2D eigenvalue weighted by Gasteiger charge is 2.58. The molecule has 3 aliphatic carbocycles. The number of allylic oxidation sites excluding steroid dienone is 12. The van der Waals surface area contributed by atoms with Gasteiger partial charge in [-0.05, 0) is 24.3 Å². The molecule has 0 saturated heterocycles. The molecule has 0 N–H and O–H groups in total. The SMILES string of the molecule is ClC1=CC(Cl)C(Cl)(C2=C(C3(Cl)C=CC(Cl)=CC3Cl)C(Cl)(Cl)C(Cl)=C2Cl)C=C1. The molecule has 0 saturated carbocycles. The van der Waals surface area contributed by atoms with Crippen LogP contribution in [0.3, 0.4) is 0 Å². The van der Waals surface area contributed by atoms with Crippen LogP contribution in [0.15, 0.2) is 67.7 Å².